The Morgan fingerprint density at radius 3 is 2.47 bits per heavy atom. The molecule has 1 heterocycles. The van der Waals surface area contributed by atoms with E-state index >= 15 is 0 Å². The molecular formula is C10H12ClN3OS2. The second-order valence-electron chi connectivity index (χ2n) is 3.75. The van der Waals surface area contributed by atoms with Gasteiger partial charge in [-0.15, -0.1) is 4.41 Å². The van der Waals surface area contributed by atoms with Crippen LogP contribution in [0.3, 0.4) is 0 Å². The van der Waals surface area contributed by atoms with E-state index < -0.39 is 11.2 Å². The lowest BCUT2D eigenvalue weighted by molar-refractivity contribution is 0.251. The smallest absolute Gasteiger partial charge is 0.224 e. The molecule has 0 spiro atoms. The van der Waals surface area contributed by atoms with Gasteiger partial charge in [0.15, 0.2) is 0 Å². The molecule has 17 heavy (non-hydrogen) atoms. The fourth-order valence-corrected chi connectivity index (χ4v) is 3.44. The van der Waals surface area contributed by atoms with Gasteiger partial charge in [-0.2, -0.15) is 0 Å². The van der Waals surface area contributed by atoms with Crippen LogP contribution in [-0.2, 0) is 11.2 Å². The second-order valence-corrected chi connectivity index (χ2v) is 5.88. The fraction of sp³-hybridized carbons (Fsp3) is 0.300. The van der Waals surface area contributed by atoms with Crippen LogP contribution in [0.5, 0.6) is 0 Å². The molecule has 1 saturated heterocycles. The number of hydrogen-bond acceptors (Lipinski definition) is 2. The maximum absolute atomic E-state index is 12.1. The zero-order valence-electron chi connectivity index (χ0n) is 9.68. The van der Waals surface area contributed by atoms with Crippen molar-refractivity contribution in [2.45, 2.75) is 6.92 Å². The minimum Gasteiger partial charge on any atom is -0.271 e. The van der Waals surface area contributed by atoms with Crippen LogP contribution >= 0.6 is 23.8 Å². The van der Waals surface area contributed by atoms with Crippen molar-refractivity contribution < 1.29 is 4.21 Å². The Bertz CT molecular complexity index is 488. The van der Waals surface area contributed by atoms with Gasteiger partial charge in [-0.1, -0.05) is 17.7 Å². The molecule has 1 aromatic rings. The number of anilines is 1. The van der Waals surface area contributed by atoms with Crippen LogP contribution in [0.2, 0.25) is 5.02 Å². The van der Waals surface area contributed by atoms with E-state index in [0.29, 0.717) is 15.8 Å². The van der Waals surface area contributed by atoms with Crippen molar-refractivity contribution in [2.24, 2.45) is 0 Å². The average molecular weight is 290 g/mol. The lowest BCUT2D eigenvalue weighted by Gasteiger charge is -2.16. The van der Waals surface area contributed by atoms with Crippen molar-refractivity contribution in [3.05, 3.63) is 28.8 Å². The molecule has 1 unspecified atom stereocenters. The fourth-order valence-electron chi connectivity index (χ4n) is 1.51. The van der Waals surface area contributed by atoms with Gasteiger partial charge in [-0.25, -0.2) is 8.51 Å². The van der Waals surface area contributed by atoms with Crippen LogP contribution in [0.15, 0.2) is 18.2 Å². The molecule has 0 amide bonds. The molecule has 1 aliphatic heterocycles. The molecule has 4 nitrogen and oxygen atoms in total. The van der Waals surface area contributed by atoms with E-state index in [1.807, 2.05) is 25.1 Å². The molecule has 92 valence electrons. The van der Waals surface area contributed by atoms with E-state index in [9.17, 15) is 4.21 Å². The summed E-state index contributed by atoms with van der Waals surface area (Å²) in [5, 5.41) is 2.67. The van der Waals surface area contributed by atoms with Crippen LogP contribution in [0.4, 0.5) is 5.69 Å². The van der Waals surface area contributed by atoms with Gasteiger partial charge in [0.05, 0.1) is 10.7 Å². The van der Waals surface area contributed by atoms with E-state index in [1.165, 1.54) is 4.31 Å². The Hall–Kier alpha value is -0.690. The number of hydrazine groups is 1. The summed E-state index contributed by atoms with van der Waals surface area (Å²) in [5.41, 5.74) is 1.72. The van der Waals surface area contributed by atoms with Gasteiger partial charge in [-0.05, 0) is 36.8 Å². The molecule has 7 heteroatoms. The van der Waals surface area contributed by atoms with Gasteiger partial charge >= 0.3 is 0 Å². The number of aryl methyl sites for hydroxylation is 1. The molecule has 0 bridgehead atoms. The Labute approximate surface area is 113 Å². The van der Waals surface area contributed by atoms with E-state index in [1.54, 1.807) is 23.5 Å². The SMILES string of the molecule is Cc1ccc(N2C(=S)N(C)N(C)S2=O)c(Cl)c1. The Morgan fingerprint density at radius 1 is 1.35 bits per heavy atom. The number of thiocarbonyl (C=S) groups is 1. The summed E-state index contributed by atoms with van der Waals surface area (Å²) in [6.07, 6.45) is 0. The zero-order chi connectivity index (χ0) is 12.7. The number of rotatable bonds is 1. The third-order valence-corrected chi connectivity index (χ3v) is 4.82. The minimum atomic E-state index is -1.37. The molecule has 0 saturated carbocycles. The van der Waals surface area contributed by atoms with Gasteiger partial charge in [0.2, 0.25) is 16.3 Å². The molecule has 0 aliphatic carbocycles. The highest BCUT2D eigenvalue weighted by molar-refractivity contribution is 7.89. The molecule has 0 N–H and O–H groups in total. The summed E-state index contributed by atoms with van der Waals surface area (Å²) < 4.78 is 15.2. The second kappa shape index (κ2) is 4.53. The van der Waals surface area contributed by atoms with E-state index in [-0.39, 0.29) is 0 Å². The molecule has 0 radical (unpaired) electrons. The normalized spacial score (nSPS) is 21.4. The highest BCUT2D eigenvalue weighted by atomic mass is 35.5. The maximum atomic E-state index is 12.1. The lowest BCUT2D eigenvalue weighted by atomic mass is 10.2. The van der Waals surface area contributed by atoms with Crippen molar-refractivity contribution >= 4 is 45.8 Å². The molecule has 2 rings (SSSR count). The highest BCUT2D eigenvalue weighted by Gasteiger charge is 2.36. The Morgan fingerprint density at radius 2 is 2.00 bits per heavy atom. The summed E-state index contributed by atoms with van der Waals surface area (Å²) in [4.78, 5) is 0. The molecule has 1 fully saturated rings. The van der Waals surface area contributed by atoms with Gasteiger partial charge in [-0.3, -0.25) is 5.01 Å². The number of hydrogen-bond donors (Lipinski definition) is 0. The van der Waals surface area contributed by atoms with Crippen molar-refractivity contribution in [2.75, 3.05) is 18.4 Å². The highest BCUT2D eigenvalue weighted by Crippen LogP contribution is 2.32. The van der Waals surface area contributed by atoms with Crippen LogP contribution < -0.4 is 4.31 Å². The van der Waals surface area contributed by atoms with Crippen molar-refractivity contribution in [1.29, 1.82) is 0 Å². The van der Waals surface area contributed by atoms with Gasteiger partial charge < -0.3 is 0 Å². The van der Waals surface area contributed by atoms with E-state index in [2.05, 4.69) is 0 Å². The number of nitrogens with zero attached hydrogens (tertiary/aromatic N) is 3. The first-order chi connectivity index (χ1) is 7.93. The first-order valence-corrected chi connectivity index (χ1v) is 6.78. The molecule has 1 aliphatic rings. The Balaban J connectivity index is 2.47. The topological polar surface area (TPSA) is 26.8 Å². The summed E-state index contributed by atoms with van der Waals surface area (Å²) in [6, 6.07) is 5.57. The standard InChI is InChI=1S/C10H12ClN3OS2/c1-7-4-5-9(8(11)6-7)14-10(16)12(2)13(3)17(14)15/h4-6H,1-3H3. The van der Waals surface area contributed by atoms with Crippen LogP contribution in [0.1, 0.15) is 5.56 Å². The number of benzene rings is 1. The van der Waals surface area contributed by atoms with Crippen molar-refractivity contribution in [1.82, 2.24) is 9.42 Å². The van der Waals surface area contributed by atoms with Crippen LogP contribution in [0, 0.1) is 6.92 Å². The van der Waals surface area contributed by atoms with Crippen molar-refractivity contribution in [3.63, 3.8) is 0 Å². The van der Waals surface area contributed by atoms with Crippen LogP contribution in [-0.4, -0.2) is 32.8 Å². The number of halogens is 1. The largest absolute Gasteiger partial charge is 0.271 e. The third kappa shape index (κ3) is 2.06. The molecule has 1 aromatic carbocycles. The van der Waals surface area contributed by atoms with Crippen LogP contribution in [0.25, 0.3) is 0 Å². The molecule has 0 aromatic heterocycles. The monoisotopic (exact) mass is 289 g/mol. The Kier molecular flexibility index (Phi) is 3.40. The van der Waals surface area contributed by atoms with Gasteiger partial charge in [0.25, 0.3) is 0 Å². The third-order valence-electron chi connectivity index (χ3n) is 2.58. The van der Waals surface area contributed by atoms with Crippen molar-refractivity contribution in [3.8, 4) is 0 Å². The quantitative estimate of drug-likeness (QED) is 0.741. The van der Waals surface area contributed by atoms with Gasteiger partial charge in [0, 0.05) is 14.1 Å². The zero-order valence-corrected chi connectivity index (χ0v) is 12.1. The molecule has 1 atom stereocenters. The summed E-state index contributed by atoms with van der Waals surface area (Å²) in [5.74, 6) is 0. The first kappa shape index (κ1) is 12.8. The minimum absolute atomic E-state index is 0.469. The summed E-state index contributed by atoms with van der Waals surface area (Å²) >= 11 is 10.0. The average Bonchev–Trinajstić information content (AvgIpc) is 2.45. The molecular weight excluding hydrogens is 278 g/mol. The summed E-state index contributed by atoms with van der Waals surface area (Å²) in [7, 11) is 3.48. The van der Waals surface area contributed by atoms with E-state index in [0.717, 1.165) is 5.56 Å². The van der Waals surface area contributed by atoms with Gasteiger partial charge in [0.1, 0.15) is 0 Å². The predicted molar refractivity (Wildman–Crippen MR) is 74.9 cm³/mol. The maximum Gasteiger partial charge on any atom is 0.224 e. The first-order valence-electron chi connectivity index (χ1n) is 4.93. The van der Waals surface area contributed by atoms with E-state index in [4.69, 9.17) is 23.8 Å². The summed E-state index contributed by atoms with van der Waals surface area (Å²) in [6.45, 7) is 1.95. The lowest BCUT2D eigenvalue weighted by Crippen LogP contribution is -2.32. The predicted octanol–water partition coefficient (Wildman–Crippen LogP) is 2.11.